The Labute approximate surface area is 201 Å². The van der Waals surface area contributed by atoms with E-state index in [9.17, 15) is 19.7 Å². The summed E-state index contributed by atoms with van der Waals surface area (Å²) in [4.78, 5) is 36.4. The number of urea groups is 1. The maximum absolute atomic E-state index is 13.1. The fraction of sp³-hybridized carbons (Fsp3) is 0.409. The van der Waals surface area contributed by atoms with Gasteiger partial charge in [0.25, 0.3) is 5.88 Å². The molecule has 1 atom stereocenters. The van der Waals surface area contributed by atoms with Gasteiger partial charge in [-0.1, -0.05) is 6.07 Å². The lowest BCUT2D eigenvalue weighted by Gasteiger charge is -2.30. The predicted octanol–water partition coefficient (Wildman–Crippen LogP) is 2.22. The van der Waals surface area contributed by atoms with E-state index in [1.807, 2.05) is 0 Å². The molecule has 3 rings (SSSR count). The van der Waals surface area contributed by atoms with Crippen molar-refractivity contribution >= 4 is 17.7 Å². The Kier molecular flexibility index (Phi) is 8.25. The molecule has 1 aliphatic heterocycles. The lowest BCUT2D eigenvalue weighted by molar-refractivity contribution is -0.386. The van der Waals surface area contributed by atoms with Gasteiger partial charge in [-0.25, -0.2) is 14.3 Å². The summed E-state index contributed by atoms with van der Waals surface area (Å²) in [5, 5.41) is 20.8. The van der Waals surface area contributed by atoms with Crippen molar-refractivity contribution in [2.24, 2.45) is 0 Å². The fourth-order valence-electron chi connectivity index (χ4n) is 3.73. The van der Waals surface area contributed by atoms with Crippen molar-refractivity contribution in [3.63, 3.8) is 0 Å². The number of nitro groups is 1. The van der Waals surface area contributed by atoms with Crippen LogP contribution in [0, 0.1) is 10.1 Å². The minimum Gasteiger partial charge on any atom is -0.496 e. The molecule has 0 aliphatic carbocycles. The summed E-state index contributed by atoms with van der Waals surface area (Å²) in [6.45, 7) is 3.66. The third-order valence-corrected chi connectivity index (χ3v) is 5.15. The van der Waals surface area contributed by atoms with Gasteiger partial charge < -0.3 is 29.6 Å². The normalized spacial score (nSPS) is 15.3. The Hall–Kier alpha value is -4.13. The highest BCUT2D eigenvalue weighted by molar-refractivity contribution is 5.95. The number of nitrogens with zero attached hydrogens (tertiary/aromatic N) is 3. The van der Waals surface area contributed by atoms with E-state index in [2.05, 4.69) is 15.7 Å². The summed E-state index contributed by atoms with van der Waals surface area (Å²) in [7, 11) is 3.07. The van der Waals surface area contributed by atoms with Crippen LogP contribution in [-0.4, -0.2) is 54.1 Å². The molecular weight excluding hydrogens is 462 g/mol. The summed E-state index contributed by atoms with van der Waals surface area (Å²) in [5.74, 6) is -0.170. The molecule has 1 aromatic carbocycles. The monoisotopic (exact) mass is 489 g/mol. The highest BCUT2D eigenvalue weighted by Crippen LogP contribution is 2.33. The number of hydrogen-bond donors (Lipinski definition) is 2. The number of rotatable bonds is 11. The molecule has 188 valence electrons. The summed E-state index contributed by atoms with van der Waals surface area (Å²) in [6.07, 6.45) is 1.05. The zero-order valence-corrected chi connectivity index (χ0v) is 19.8. The number of hydrogen-bond acceptors (Lipinski definition) is 9. The quantitative estimate of drug-likeness (QED) is 0.274. The fourth-order valence-corrected chi connectivity index (χ4v) is 3.73. The SMILES string of the molecule is CCOC(=O)C1=C(Cn2ncc([N+](=O)[O-])c2OCC)NC(=O)N[C@@H]1c1ccc(OC)c(COC)c1. The van der Waals surface area contributed by atoms with Gasteiger partial charge in [0.2, 0.25) is 0 Å². The van der Waals surface area contributed by atoms with Crippen LogP contribution in [-0.2, 0) is 27.4 Å². The summed E-state index contributed by atoms with van der Waals surface area (Å²) in [5.41, 5.74) is 1.26. The Balaban J connectivity index is 2.13. The van der Waals surface area contributed by atoms with E-state index in [1.54, 1.807) is 39.2 Å². The Morgan fingerprint density at radius 1 is 1.26 bits per heavy atom. The minimum atomic E-state index is -0.875. The number of allylic oxidation sites excluding steroid dienone is 1. The molecule has 0 saturated heterocycles. The second-order valence-electron chi connectivity index (χ2n) is 7.33. The van der Waals surface area contributed by atoms with Crippen molar-refractivity contribution in [1.82, 2.24) is 20.4 Å². The van der Waals surface area contributed by atoms with Gasteiger partial charge in [0.1, 0.15) is 11.9 Å². The van der Waals surface area contributed by atoms with Crippen LogP contribution >= 0.6 is 0 Å². The van der Waals surface area contributed by atoms with Crippen molar-refractivity contribution < 1.29 is 33.5 Å². The summed E-state index contributed by atoms with van der Waals surface area (Å²) >= 11 is 0. The first kappa shape index (κ1) is 25.5. The van der Waals surface area contributed by atoms with E-state index in [0.717, 1.165) is 6.20 Å². The van der Waals surface area contributed by atoms with Gasteiger partial charge in [0.15, 0.2) is 0 Å². The van der Waals surface area contributed by atoms with Crippen molar-refractivity contribution in [1.29, 1.82) is 0 Å². The van der Waals surface area contributed by atoms with Gasteiger partial charge in [-0.05, 0) is 31.5 Å². The minimum absolute atomic E-state index is 0.0932. The van der Waals surface area contributed by atoms with Crippen molar-refractivity contribution in [3.05, 3.63) is 56.9 Å². The van der Waals surface area contributed by atoms with Crippen LogP contribution < -0.4 is 20.1 Å². The standard InChI is InChI=1S/C22H27N5O8/c1-5-34-20-16(27(30)31)10-23-26(20)11-15-18(21(28)35-6-2)19(25-22(29)24-15)13-7-8-17(33-4)14(9-13)12-32-3/h7-10,19H,5-6,11-12H2,1-4H3,(H2,24,25,29)/t19-/m1/s1. The Morgan fingerprint density at radius 2 is 2.03 bits per heavy atom. The number of benzene rings is 1. The molecule has 2 aromatic rings. The molecule has 0 unspecified atom stereocenters. The average Bonchev–Trinajstić information content (AvgIpc) is 3.21. The first-order chi connectivity index (χ1) is 16.8. The van der Waals surface area contributed by atoms with Gasteiger partial charge in [-0.3, -0.25) is 10.1 Å². The van der Waals surface area contributed by atoms with Gasteiger partial charge in [0.05, 0.1) is 55.7 Å². The molecule has 1 aliphatic rings. The van der Waals surface area contributed by atoms with Gasteiger partial charge in [-0.15, -0.1) is 0 Å². The molecule has 1 aromatic heterocycles. The molecule has 13 heteroatoms. The van der Waals surface area contributed by atoms with Crippen LogP contribution in [0.4, 0.5) is 10.5 Å². The molecule has 0 bridgehead atoms. The number of methoxy groups -OCH3 is 2. The Morgan fingerprint density at radius 3 is 2.66 bits per heavy atom. The number of amides is 2. The van der Waals surface area contributed by atoms with Crippen LogP contribution in [0.2, 0.25) is 0 Å². The van der Waals surface area contributed by atoms with Crippen LogP contribution in [0.25, 0.3) is 0 Å². The van der Waals surface area contributed by atoms with E-state index in [0.29, 0.717) is 16.9 Å². The maximum Gasteiger partial charge on any atom is 0.350 e. The molecule has 0 fully saturated rings. The highest BCUT2D eigenvalue weighted by Gasteiger charge is 2.35. The number of aromatic nitrogens is 2. The number of carbonyl (C=O) groups excluding carboxylic acids is 2. The number of esters is 1. The lowest BCUT2D eigenvalue weighted by atomic mass is 9.93. The molecule has 2 N–H and O–H groups in total. The van der Waals surface area contributed by atoms with Crippen molar-refractivity contribution in [3.8, 4) is 11.6 Å². The molecular formula is C22H27N5O8. The number of ether oxygens (including phenoxy) is 4. The molecule has 0 spiro atoms. The van der Waals surface area contributed by atoms with E-state index in [-0.39, 0.29) is 49.2 Å². The third kappa shape index (κ3) is 5.51. The first-order valence-corrected chi connectivity index (χ1v) is 10.8. The highest BCUT2D eigenvalue weighted by atomic mass is 16.6. The van der Waals surface area contributed by atoms with Crippen LogP contribution in [0.15, 0.2) is 35.7 Å². The summed E-state index contributed by atoms with van der Waals surface area (Å²) in [6, 6.07) is 3.75. The second-order valence-corrected chi connectivity index (χ2v) is 7.33. The number of carbonyl (C=O) groups is 2. The smallest absolute Gasteiger partial charge is 0.350 e. The molecule has 0 saturated carbocycles. The zero-order valence-electron chi connectivity index (χ0n) is 19.8. The molecule has 2 amide bonds. The van der Waals surface area contributed by atoms with Gasteiger partial charge in [-0.2, -0.15) is 5.10 Å². The number of nitrogens with one attached hydrogen (secondary N) is 2. The van der Waals surface area contributed by atoms with Crippen LogP contribution in [0.5, 0.6) is 11.6 Å². The lowest BCUT2D eigenvalue weighted by Crippen LogP contribution is -2.47. The zero-order chi connectivity index (χ0) is 25.5. The molecule has 35 heavy (non-hydrogen) atoms. The van der Waals surface area contributed by atoms with Crippen LogP contribution in [0.1, 0.15) is 31.0 Å². The largest absolute Gasteiger partial charge is 0.496 e. The van der Waals surface area contributed by atoms with E-state index in [1.165, 1.54) is 11.8 Å². The molecule has 2 heterocycles. The molecule has 13 nitrogen and oxygen atoms in total. The predicted molar refractivity (Wildman–Crippen MR) is 122 cm³/mol. The van der Waals surface area contributed by atoms with Crippen molar-refractivity contribution in [2.45, 2.75) is 33.0 Å². The van der Waals surface area contributed by atoms with Gasteiger partial charge >= 0.3 is 17.7 Å². The topological polar surface area (TPSA) is 156 Å². The van der Waals surface area contributed by atoms with E-state index >= 15 is 0 Å². The molecule has 0 radical (unpaired) electrons. The van der Waals surface area contributed by atoms with Crippen LogP contribution in [0.3, 0.4) is 0 Å². The van der Waals surface area contributed by atoms with Crippen molar-refractivity contribution in [2.75, 3.05) is 27.4 Å². The summed E-state index contributed by atoms with van der Waals surface area (Å²) < 4.78 is 22.5. The first-order valence-electron chi connectivity index (χ1n) is 10.8. The van der Waals surface area contributed by atoms with E-state index < -0.39 is 23.0 Å². The third-order valence-electron chi connectivity index (χ3n) is 5.15. The van der Waals surface area contributed by atoms with Gasteiger partial charge in [0, 0.05) is 12.7 Å². The Bertz CT molecular complexity index is 1140. The average molecular weight is 489 g/mol. The maximum atomic E-state index is 13.1. The second kappa shape index (κ2) is 11.3. The van der Waals surface area contributed by atoms with E-state index in [4.69, 9.17) is 18.9 Å².